The van der Waals surface area contributed by atoms with Crippen molar-refractivity contribution in [3.8, 4) is 11.4 Å². The van der Waals surface area contributed by atoms with Crippen molar-refractivity contribution in [1.82, 2.24) is 10.1 Å². The van der Waals surface area contributed by atoms with Crippen molar-refractivity contribution < 1.29 is 22.5 Å². The van der Waals surface area contributed by atoms with Gasteiger partial charge in [-0.25, -0.2) is 18.4 Å². The molecule has 3 aromatic rings. The zero-order valence-electron chi connectivity index (χ0n) is 12.4. The highest BCUT2D eigenvalue weighted by Gasteiger charge is 2.18. The number of benzene rings is 1. The summed E-state index contributed by atoms with van der Waals surface area (Å²) in [6, 6.07) is 5.31. The Kier molecular flexibility index (Phi) is 4.86. The van der Waals surface area contributed by atoms with Crippen molar-refractivity contribution in [3.05, 3.63) is 51.5 Å². The van der Waals surface area contributed by atoms with Crippen molar-refractivity contribution in [2.24, 2.45) is 5.14 Å². The van der Waals surface area contributed by atoms with E-state index in [-0.39, 0.29) is 28.0 Å². The van der Waals surface area contributed by atoms with Crippen LogP contribution in [-0.4, -0.2) is 24.5 Å². The van der Waals surface area contributed by atoms with Gasteiger partial charge >= 0.3 is 5.97 Å². The van der Waals surface area contributed by atoms with E-state index in [0.717, 1.165) is 11.6 Å². The zero-order chi connectivity index (χ0) is 18.0. The van der Waals surface area contributed by atoms with Gasteiger partial charge in [0, 0.05) is 10.9 Å². The molecule has 2 N–H and O–H groups in total. The molecule has 2 heterocycles. The maximum Gasteiger partial charge on any atom is 0.340 e. The number of hydrogen-bond donors (Lipinski definition) is 1. The molecule has 0 unspecified atom stereocenters. The number of hydrogen-bond acceptors (Lipinski definition) is 8. The lowest BCUT2D eigenvalue weighted by molar-refractivity contribution is 0.0429. The molecule has 0 atom stereocenters. The van der Waals surface area contributed by atoms with Crippen molar-refractivity contribution in [2.45, 2.75) is 11.5 Å². The van der Waals surface area contributed by atoms with E-state index in [1.165, 1.54) is 23.5 Å². The lowest BCUT2D eigenvalue weighted by atomic mass is 10.2. The van der Waals surface area contributed by atoms with Gasteiger partial charge in [0.25, 0.3) is 5.89 Å². The molecule has 0 saturated carbocycles. The predicted octanol–water partition coefficient (Wildman–Crippen LogP) is 2.46. The molecule has 0 amide bonds. The van der Waals surface area contributed by atoms with Gasteiger partial charge in [-0.15, -0.1) is 0 Å². The number of ether oxygens (including phenoxy) is 1. The number of aromatic nitrogens is 2. The molecule has 0 fully saturated rings. The summed E-state index contributed by atoms with van der Waals surface area (Å²) < 4.78 is 32.8. The number of thiophene rings is 1. The fourth-order valence-corrected chi connectivity index (χ4v) is 3.23. The lowest BCUT2D eigenvalue weighted by Gasteiger charge is -2.06. The van der Waals surface area contributed by atoms with Crippen LogP contribution in [0.25, 0.3) is 11.4 Å². The number of carbonyl (C=O) groups is 1. The Morgan fingerprint density at radius 3 is 2.84 bits per heavy atom. The lowest BCUT2D eigenvalue weighted by Crippen LogP contribution is -2.14. The molecule has 0 aliphatic carbocycles. The number of carbonyl (C=O) groups excluding carboxylic acids is 1. The number of primary sulfonamides is 1. The van der Waals surface area contributed by atoms with Gasteiger partial charge in [0.15, 0.2) is 6.61 Å². The summed E-state index contributed by atoms with van der Waals surface area (Å²) in [6.07, 6.45) is 0. The Bertz CT molecular complexity index is 1020. The normalized spacial score (nSPS) is 11.4. The fraction of sp³-hybridized carbons (Fsp3) is 0.0714. The first kappa shape index (κ1) is 17.5. The van der Waals surface area contributed by atoms with Gasteiger partial charge in [0.1, 0.15) is 0 Å². The SMILES string of the molecule is NS(=O)(=O)c1ccc(Cl)c(C(=O)OCc2nc(-c3ccsc3)no2)c1. The monoisotopic (exact) mass is 399 g/mol. The van der Waals surface area contributed by atoms with E-state index < -0.39 is 16.0 Å². The highest BCUT2D eigenvalue weighted by molar-refractivity contribution is 7.89. The van der Waals surface area contributed by atoms with Gasteiger partial charge in [-0.05, 0) is 29.6 Å². The van der Waals surface area contributed by atoms with Crippen LogP contribution in [0, 0.1) is 0 Å². The standard InChI is InChI=1S/C14H10ClN3O5S2/c15-11-2-1-9(25(16,20)21)5-10(11)14(19)22-6-12-17-13(18-23-12)8-3-4-24-7-8/h1-5,7H,6H2,(H2,16,20,21). The minimum atomic E-state index is -3.97. The first-order chi connectivity index (χ1) is 11.8. The van der Waals surface area contributed by atoms with Gasteiger partial charge in [0.05, 0.1) is 15.5 Å². The quantitative estimate of drug-likeness (QED) is 0.653. The van der Waals surface area contributed by atoms with Gasteiger partial charge in [-0.3, -0.25) is 0 Å². The largest absolute Gasteiger partial charge is 0.452 e. The van der Waals surface area contributed by atoms with Crippen LogP contribution in [0.4, 0.5) is 0 Å². The maximum atomic E-state index is 12.1. The topological polar surface area (TPSA) is 125 Å². The third-order valence-electron chi connectivity index (χ3n) is 3.06. The summed E-state index contributed by atoms with van der Waals surface area (Å²) in [4.78, 5) is 16.0. The number of nitrogens with zero attached hydrogens (tertiary/aromatic N) is 2. The molecule has 11 heteroatoms. The second kappa shape index (κ2) is 6.92. The summed E-state index contributed by atoms with van der Waals surface area (Å²) in [7, 11) is -3.97. The van der Waals surface area contributed by atoms with Gasteiger partial charge in [-0.1, -0.05) is 16.8 Å². The highest BCUT2D eigenvalue weighted by atomic mass is 35.5. The summed E-state index contributed by atoms with van der Waals surface area (Å²) in [6.45, 7) is -0.286. The molecular formula is C14H10ClN3O5S2. The Morgan fingerprint density at radius 1 is 1.36 bits per heavy atom. The summed E-state index contributed by atoms with van der Waals surface area (Å²) >= 11 is 7.39. The molecule has 0 radical (unpaired) electrons. The molecule has 25 heavy (non-hydrogen) atoms. The average molecular weight is 400 g/mol. The van der Waals surface area contributed by atoms with Crippen LogP contribution in [0.2, 0.25) is 5.02 Å². The fourth-order valence-electron chi connectivity index (χ4n) is 1.87. The van der Waals surface area contributed by atoms with Crippen molar-refractivity contribution in [2.75, 3.05) is 0 Å². The van der Waals surface area contributed by atoms with E-state index in [4.69, 9.17) is 26.0 Å². The molecule has 130 valence electrons. The van der Waals surface area contributed by atoms with Crippen LogP contribution in [0.3, 0.4) is 0 Å². The molecule has 0 spiro atoms. The molecule has 0 aliphatic heterocycles. The second-order valence-electron chi connectivity index (χ2n) is 4.79. The van der Waals surface area contributed by atoms with E-state index in [2.05, 4.69) is 10.1 Å². The molecule has 8 nitrogen and oxygen atoms in total. The van der Waals surface area contributed by atoms with Crippen LogP contribution in [0.15, 0.2) is 44.4 Å². The predicted molar refractivity (Wildman–Crippen MR) is 89.6 cm³/mol. The molecule has 0 bridgehead atoms. The number of sulfonamides is 1. The Labute approximate surface area is 151 Å². The van der Waals surface area contributed by atoms with E-state index in [0.29, 0.717) is 5.82 Å². The van der Waals surface area contributed by atoms with Crippen LogP contribution in [-0.2, 0) is 21.4 Å². The summed E-state index contributed by atoms with van der Waals surface area (Å²) in [5.74, 6) is -0.374. The smallest absolute Gasteiger partial charge is 0.340 e. The van der Waals surface area contributed by atoms with Crippen molar-refractivity contribution >= 4 is 38.9 Å². The zero-order valence-corrected chi connectivity index (χ0v) is 14.8. The van der Waals surface area contributed by atoms with Crippen molar-refractivity contribution in [1.29, 1.82) is 0 Å². The van der Waals surface area contributed by atoms with Crippen LogP contribution >= 0.6 is 22.9 Å². The van der Waals surface area contributed by atoms with Crippen LogP contribution < -0.4 is 5.14 Å². The molecule has 2 aromatic heterocycles. The molecule has 0 saturated heterocycles. The van der Waals surface area contributed by atoms with Gasteiger partial charge in [-0.2, -0.15) is 16.3 Å². The Balaban J connectivity index is 1.73. The number of esters is 1. The third-order valence-corrected chi connectivity index (χ3v) is 4.98. The molecule has 3 rings (SSSR count). The molecule has 1 aromatic carbocycles. The average Bonchev–Trinajstić information content (AvgIpc) is 3.23. The second-order valence-corrected chi connectivity index (χ2v) is 7.54. The van der Waals surface area contributed by atoms with Gasteiger partial charge in [0.2, 0.25) is 15.8 Å². The van der Waals surface area contributed by atoms with E-state index in [9.17, 15) is 13.2 Å². The molecular weight excluding hydrogens is 390 g/mol. The van der Waals surface area contributed by atoms with Crippen LogP contribution in [0.1, 0.15) is 16.2 Å². The number of halogens is 1. The van der Waals surface area contributed by atoms with E-state index in [1.54, 1.807) is 0 Å². The minimum absolute atomic E-state index is 0.0295. The maximum absolute atomic E-state index is 12.1. The Hall–Kier alpha value is -2.27. The minimum Gasteiger partial charge on any atom is -0.452 e. The first-order valence-corrected chi connectivity index (χ1v) is 9.56. The number of nitrogens with two attached hydrogens (primary N) is 1. The van der Waals surface area contributed by atoms with Crippen LogP contribution in [0.5, 0.6) is 0 Å². The van der Waals surface area contributed by atoms with E-state index in [1.807, 2.05) is 16.8 Å². The summed E-state index contributed by atoms with van der Waals surface area (Å²) in [5, 5.41) is 12.6. The van der Waals surface area contributed by atoms with E-state index >= 15 is 0 Å². The summed E-state index contributed by atoms with van der Waals surface area (Å²) in [5.41, 5.74) is 0.654. The first-order valence-electron chi connectivity index (χ1n) is 6.69. The Morgan fingerprint density at radius 2 is 2.16 bits per heavy atom. The highest BCUT2D eigenvalue weighted by Crippen LogP contribution is 2.22. The third kappa shape index (κ3) is 4.04. The van der Waals surface area contributed by atoms with Gasteiger partial charge < -0.3 is 9.26 Å². The number of rotatable bonds is 5. The molecule has 0 aliphatic rings. The van der Waals surface area contributed by atoms with Crippen molar-refractivity contribution in [3.63, 3.8) is 0 Å².